The maximum absolute atomic E-state index is 10.8. The number of piperidine rings is 1. The number of aromatic nitrogens is 3. The maximum Gasteiger partial charge on any atom is 0.287 e. The molecule has 0 atom stereocenters. The number of anilines is 1. The molecule has 2 aromatic rings. The SMILES string of the molecule is Cc1cc([N+](=O)[O-])cnc1N1CCC(n2ccnc2)CC1. The molecule has 3 rings (SSSR count). The fourth-order valence-electron chi connectivity index (χ4n) is 2.84. The van der Waals surface area contributed by atoms with E-state index < -0.39 is 4.92 Å². The highest BCUT2D eigenvalue weighted by Crippen LogP contribution is 2.28. The summed E-state index contributed by atoms with van der Waals surface area (Å²) in [7, 11) is 0. The third-order valence-electron chi connectivity index (χ3n) is 3.96. The molecule has 0 aliphatic carbocycles. The Kier molecular flexibility index (Phi) is 3.55. The average Bonchev–Trinajstić information content (AvgIpc) is 3.01. The van der Waals surface area contributed by atoms with Crippen molar-refractivity contribution in [2.75, 3.05) is 18.0 Å². The van der Waals surface area contributed by atoms with Crippen LogP contribution in [0.25, 0.3) is 0 Å². The summed E-state index contributed by atoms with van der Waals surface area (Å²) in [5.74, 6) is 0.852. The lowest BCUT2D eigenvalue weighted by atomic mass is 10.0. The summed E-state index contributed by atoms with van der Waals surface area (Å²) in [5.41, 5.74) is 0.898. The predicted molar refractivity (Wildman–Crippen MR) is 78.3 cm³/mol. The van der Waals surface area contributed by atoms with Crippen molar-refractivity contribution in [3.63, 3.8) is 0 Å². The Hall–Kier alpha value is -2.44. The molecular weight excluding hydrogens is 270 g/mol. The second kappa shape index (κ2) is 5.51. The van der Waals surface area contributed by atoms with Gasteiger partial charge in [-0.25, -0.2) is 9.97 Å². The van der Waals surface area contributed by atoms with Crippen LogP contribution in [0, 0.1) is 17.0 Å². The Morgan fingerprint density at radius 2 is 2.14 bits per heavy atom. The van der Waals surface area contributed by atoms with Crippen LogP contribution in [0.1, 0.15) is 24.4 Å². The van der Waals surface area contributed by atoms with E-state index in [1.807, 2.05) is 19.4 Å². The maximum atomic E-state index is 10.8. The van der Waals surface area contributed by atoms with Crippen LogP contribution < -0.4 is 4.90 Å². The van der Waals surface area contributed by atoms with Gasteiger partial charge in [0, 0.05) is 37.6 Å². The smallest absolute Gasteiger partial charge is 0.287 e. The van der Waals surface area contributed by atoms with E-state index in [0.717, 1.165) is 37.3 Å². The number of nitrogens with zero attached hydrogens (tertiary/aromatic N) is 5. The molecule has 7 nitrogen and oxygen atoms in total. The zero-order valence-corrected chi connectivity index (χ0v) is 11.8. The molecule has 2 aromatic heterocycles. The molecule has 1 saturated heterocycles. The fraction of sp³-hybridized carbons (Fsp3) is 0.429. The van der Waals surface area contributed by atoms with Gasteiger partial charge in [-0.1, -0.05) is 0 Å². The van der Waals surface area contributed by atoms with Gasteiger partial charge >= 0.3 is 0 Å². The number of hydrogen-bond acceptors (Lipinski definition) is 5. The molecule has 7 heteroatoms. The van der Waals surface area contributed by atoms with E-state index in [1.165, 1.54) is 6.20 Å². The molecule has 21 heavy (non-hydrogen) atoms. The zero-order valence-electron chi connectivity index (χ0n) is 11.8. The summed E-state index contributed by atoms with van der Waals surface area (Å²) in [5, 5.41) is 10.8. The summed E-state index contributed by atoms with van der Waals surface area (Å²) < 4.78 is 2.15. The lowest BCUT2D eigenvalue weighted by Gasteiger charge is -2.34. The van der Waals surface area contributed by atoms with Crippen molar-refractivity contribution in [1.29, 1.82) is 0 Å². The molecule has 110 valence electrons. The Bertz CT molecular complexity index is 633. The molecule has 1 aliphatic heterocycles. The van der Waals surface area contributed by atoms with Crippen molar-refractivity contribution < 1.29 is 4.92 Å². The number of imidazole rings is 1. The number of hydrogen-bond donors (Lipinski definition) is 0. The van der Waals surface area contributed by atoms with E-state index in [9.17, 15) is 10.1 Å². The minimum Gasteiger partial charge on any atom is -0.356 e. The van der Waals surface area contributed by atoms with Gasteiger partial charge < -0.3 is 9.47 Å². The fourth-order valence-corrected chi connectivity index (χ4v) is 2.84. The van der Waals surface area contributed by atoms with Crippen LogP contribution in [-0.2, 0) is 0 Å². The Balaban J connectivity index is 1.71. The molecule has 1 fully saturated rings. The highest BCUT2D eigenvalue weighted by molar-refractivity contribution is 5.50. The molecule has 0 unspecified atom stereocenters. The molecule has 0 N–H and O–H groups in total. The van der Waals surface area contributed by atoms with Crippen molar-refractivity contribution >= 4 is 11.5 Å². The summed E-state index contributed by atoms with van der Waals surface area (Å²) in [6.07, 6.45) is 9.03. The normalized spacial score (nSPS) is 16.1. The number of aryl methyl sites for hydroxylation is 1. The Morgan fingerprint density at radius 1 is 1.38 bits per heavy atom. The lowest BCUT2D eigenvalue weighted by molar-refractivity contribution is -0.385. The van der Waals surface area contributed by atoms with Crippen molar-refractivity contribution in [2.24, 2.45) is 0 Å². The quantitative estimate of drug-likeness (QED) is 0.639. The summed E-state index contributed by atoms with van der Waals surface area (Å²) in [4.78, 5) is 20.9. The molecule has 1 aliphatic rings. The minimum absolute atomic E-state index is 0.0459. The lowest BCUT2D eigenvalue weighted by Crippen LogP contribution is -2.35. The van der Waals surface area contributed by atoms with Crippen molar-refractivity contribution in [3.8, 4) is 0 Å². The molecular formula is C14H17N5O2. The van der Waals surface area contributed by atoms with Crippen LogP contribution in [0.4, 0.5) is 11.5 Å². The topological polar surface area (TPSA) is 77.1 Å². The van der Waals surface area contributed by atoms with E-state index in [1.54, 1.807) is 12.3 Å². The molecule has 0 bridgehead atoms. The average molecular weight is 287 g/mol. The molecule has 0 radical (unpaired) electrons. The van der Waals surface area contributed by atoms with Crippen LogP contribution in [0.3, 0.4) is 0 Å². The summed E-state index contributed by atoms with van der Waals surface area (Å²) >= 11 is 0. The Morgan fingerprint density at radius 3 is 2.71 bits per heavy atom. The van der Waals surface area contributed by atoms with Crippen LogP contribution in [0.2, 0.25) is 0 Å². The second-order valence-corrected chi connectivity index (χ2v) is 5.32. The third-order valence-corrected chi connectivity index (χ3v) is 3.96. The van der Waals surface area contributed by atoms with E-state index in [4.69, 9.17) is 0 Å². The van der Waals surface area contributed by atoms with Gasteiger partial charge in [0.25, 0.3) is 5.69 Å². The first-order chi connectivity index (χ1) is 10.1. The molecule has 3 heterocycles. The third kappa shape index (κ3) is 2.72. The number of pyridine rings is 1. The van der Waals surface area contributed by atoms with Gasteiger partial charge in [-0.2, -0.15) is 0 Å². The summed E-state index contributed by atoms with van der Waals surface area (Å²) in [6.45, 7) is 3.67. The predicted octanol–water partition coefficient (Wildman–Crippen LogP) is 2.34. The van der Waals surface area contributed by atoms with Crippen LogP contribution in [-0.4, -0.2) is 32.5 Å². The van der Waals surface area contributed by atoms with E-state index in [2.05, 4.69) is 19.4 Å². The largest absolute Gasteiger partial charge is 0.356 e. The van der Waals surface area contributed by atoms with Gasteiger partial charge in [0.05, 0.1) is 11.3 Å². The van der Waals surface area contributed by atoms with Gasteiger partial charge in [0.1, 0.15) is 12.0 Å². The van der Waals surface area contributed by atoms with E-state index in [0.29, 0.717) is 6.04 Å². The van der Waals surface area contributed by atoms with Gasteiger partial charge in [-0.3, -0.25) is 10.1 Å². The molecule has 0 amide bonds. The standard InChI is InChI=1S/C14H17N5O2/c1-11-8-13(19(20)21)9-16-14(11)17-5-2-12(3-6-17)18-7-4-15-10-18/h4,7-10,12H,2-3,5-6H2,1H3. The highest BCUT2D eigenvalue weighted by Gasteiger charge is 2.22. The first-order valence-corrected chi connectivity index (χ1v) is 6.98. The number of rotatable bonds is 3. The van der Waals surface area contributed by atoms with Gasteiger partial charge in [-0.05, 0) is 25.3 Å². The zero-order chi connectivity index (χ0) is 14.8. The van der Waals surface area contributed by atoms with Crippen LogP contribution in [0.15, 0.2) is 31.0 Å². The second-order valence-electron chi connectivity index (χ2n) is 5.32. The van der Waals surface area contributed by atoms with Crippen molar-refractivity contribution in [1.82, 2.24) is 14.5 Å². The van der Waals surface area contributed by atoms with Crippen LogP contribution in [0.5, 0.6) is 0 Å². The van der Waals surface area contributed by atoms with Gasteiger partial charge in [0.2, 0.25) is 0 Å². The molecule has 0 aromatic carbocycles. The minimum atomic E-state index is -0.408. The summed E-state index contributed by atoms with van der Waals surface area (Å²) in [6, 6.07) is 2.06. The highest BCUT2D eigenvalue weighted by atomic mass is 16.6. The van der Waals surface area contributed by atoms with Gasteiger partial charge in [0.15, 0.2) is 0 Å². The van der Waals surface area contributed by atoms with Crippen molar-refractivity contribution in [2.45, 2.75) is 25.8 Å². The van der Waals surface area contributed by atoms with Crippen LogP contribution >= 0.6 is 0 Å². The van der Waals surface area contributed by atoms with Gasteiger partial charge in [-0.15, -0.1) is 0 Å². The van der Waals surface area contributed by atoms with E-state index >= 15 is 0 Å². The molecule has 0 saturated carbocycles. The monoisotopic (exact) mass is 287 g/mol. The first kappa shape index (κ1) is 13.5. The number of nitro groups is 1. The van der Waals surface area contributed by atoms with Crippen molar-refractivity contribution in [3.05, 3.63) is 46.7 Å². The van der Waals surface area contributed by atoms with E-state index in [-0.39, 0.29) is 5.69 Å². The Labute approximate surface area is 122 Å². The first-order valence-electron chi connectivity index (χ1n) is 6.98. The molecule has 0 spiro atoms.